The first kappa shape index (κ1) is 13.0. The summed E-state index contributed by atoms with van der Waals surface area (Å²) in [7, 11) is 0. The van der Waals surface area contributed by atoms with E-state index >= 15 is 0 Å². The smallest absolute Gasteiger partial charge is 0.0947 e. The van der Waals surface area contributed by atoms with Gasteiger partial charge >= 0.3 is 0 Å². The van der Waals surface area contributed by atoms with Gasteiger partial charge in [0.15, 0.2) is 0 Å². The minimum Gasteiger partial charge on any atom is -0.472 e. The molecule has 0 aliphatic carbocycles. The number of hydrogen-bond acceptors (Lipinski definition) is 4. The normalized spacial score (nSPS) is 26.3. The van der Waals surface area contributed by atoms with Crippen molar-refractivity contribution < 1.29 is 4.42 Å². The number of hydrogen-bond donors (Lipinski definition) is 0. The largest absolute Gasteiger partial charge is 0.472 e. The highest BCUT2D eigenvalue weighted by molar-refractivity contribution is 5.10. The van der Waals surface area contributed by atoms with E-state index in [-0.39, 0.29) is 0 Å². The Hall–Kier alpha value is -1.65. The highest BCUT2D eigenvalue weighted by atomic mass is 16.3. The number of likely N-dealkylation sites (tertiary alicyclic amines) is 2. The monoisotopic (exact) mass is 283 g/mol. The highest BCUT2D eigenvalue weighted by Crippen LogP contribution is 2.33. The summed E-state index contributed by atoms with van der Waals surface area (Å²) < 4.78 is 5.19. The predicted molar refractivity (Wildman–Crippen MR) is 80.6 cm³/mol. The molecule has 4 rings (SSSR count). The van der Waals surface area contributed by atoms with Crippen LogP contribution in [0.1, 0.15) is 24.1 Å². The van der Waals surface area contributed by atoms with E-state index in [1.807, 2.05) is 18.5 Å². The summed E-state index contributed by atoms with van der Waals surface area (Å²) in [5.41, 5.74) is 2.48. The van der Waals surface area contributed by atoms with Crippen molar-refractivity contribution in [2.75, 3.05) is 13.1 Å². The molecular formula is C17H21N3O. The van der Waals surface area contributed by atoms with Crippen LogP contribution in [0.15, 0.2) is 47.4 Å². The summed E-state index contributed by atoms with van der Waals surface area (Å²) in [4.78, 5) is 9.70. The molecule has 0 radical (unpaired) electrons. The van der Waals surface area contributed by atoms with Crippen molar-refractivity contribution in [3.8, 4) is 0 Å². The lowest BCUT2D eigenvalue weighted by atomic mass is 10.1. The molecule has 4 heteroatoms. The average molecular weight is 283 g/mol. The van der Waals surface area contributed by atoms with E-state index in [2.05, 4.69) is 33.0 Å². The predicted octanol–water partition coefficient (Wildman–Crippen LogP) is 2.52. The Bertz CT molecular complexity index is 569. The van der Waals surface area contributed by atoms with Gasteiger partial charge in [-0.25, -0.2) is 0 Å². The van der Waals surface area contributed by atoms with E-state index in [9.17, 15) is 0 Å². The molecule has 0 N–H and O–H groups in total. The van der Waals surface area contributed by atoms with E-state index in [0.717, 1.165) is 13.1 Å². The van der Waals surface area contributed by atoms with E-state index in [4.69, 9.17) is 4.42 Å². The summed E-state index contributed by atoms with van der Waals surface area (Å²) in [5.74, 6) is 0. The van der Waals surface area contributed by atoms with Gasteiger partial charge in [-0.1, -0.05) is 6.07 Å². The highest BCUT2D eigenvalue weighted by Gasteiger charge is 2.42. The molecule has 110 valence electrons. The number of rotatable bonds is 4. The average Bonchev–Trinajstić information content (AvgIpc) is 3.21. The number of nitrogens with zero attached hydrogens (tertiary/aromatic N) is 3. The van der Waals surface area contributed by atoms with Gasteiger partial charge in [-0.15, -0.1) is 0 Å². The lowest BCUT2D eigenvalue weighted by Gasteiger charge is -2.25. The molecule has 2 aromatic rings. The molecule has 2 aliphatic rings. The second-order valence-electron chi connectivity index (χ2n) is 6.11. The van der Waals surface area contributed by atoms with Crippen LogP contribution in [0.5, 0.6) is 0 Å². The van der Waals surface area contributed by atoms with Crippen LogP contribution in [-0.2, 0) is 13.1 Å². The molecule has 2 fully saturated rings. The van der Waals surface area contributed by atoms with Crippen LogP contribution in [0.3, 0.4) is 0 Å². The second-order valence-corrected chi connectivity index (χ2v) is 6.11. The Morgan fingerprint density at radius 1 is 1.05 bits per heavy atom. The topological polar surface area (TPSA) is 32.5 Å². The molecule has 4 heterocycles. The van der Waals surface area contributed by atoms with Crippen molar-refractivity contribution in [2.45, 2.75) is 38.0 Å². The molecule has 0 saturated carbocycles. The third kappa shape index (κ3) is 2.61. The second kappa shape index (κ2) is 5.62. The van der Waals surface area contributed by atoms with Gasteiger partial charge in [0.2, 0.25) is 0 Å². The molecule has 21 heavy (non-hydrogen) atoms. The van der Waals surface area contributed by atoms with Gasteiger partial charge < -0.3 is 4.42 Å². The standard InChI is InChI=1S/C17H21N3O/c1-2-7-18-15(3-1)12-20-9-5-16-17(20)4-8-19(16)11-14-6-10-21-13-14/h1-3,6-7,10,13,16-17H,4-5,8-9,11-12H2/t16-,17+/m0/s1. The minimum atomic E-state index is 0.693. The van der Waals surface area contributed by atoms with Crippen molar-refractivity contribution in [1.82, 2.24) is 14.8 Å². The summed E-state index contributed by atoms with van der Waals surface area (Å²) in [5, 5.41) is 0. The zero-order chi connectivity index (χ0) is 14.1. The SMILES string of the molecule is c1ccc(CN2CC[C@H]3[C@H]2CCN3Cc2ccoc2)nc1. The van der Waals surface area contributed by atoms with Crippen molar-refractivity contribution in [1.29, 1.82) is 0 Å². The van der Waals surface area contributed by atoms with Gasteiger partial charge in [-0.3, -0.25) is 14.8 Å². The van der Waals surface area contributed by atoms with Gasteiger partial charge in [0.1, 0.15) is 0 Å². The van der Waals surface area contributed by atoms with Crippen molar-refractivity contribution in [2.24, 2.45) is 0 Å². The molecule has 2 atom stereocenters. The van der Waals surface area contributed by atoms with E-state index in [1.54, 1.807) is 6.26 Å². The molecule has 4 nitrogen and oxygen atoms in total. The van der Waals surface area contributed by atoms with Gasteiger partial charge in [0, 0.05) is 50.0 Å². The fourth-order valence-electron chi connectivity index (χ4n) is 3.87. The molecule has 2 aromatic heterocycles. The molecular weight excluding hydrogens is 262 g/mol. The van der Waals surface area contributed by atoms with Gasteiger partial charge in [0.05, 0.1) is 18.2 Å². The van der Waals surface area contributed by atoms with Crippen LogP contribution >= 0.6 is 0 Å². The number of pyridine rings is 1. The maximum atomic E-state index is 5.19. The molecule has 2 saturated heterocycles. The van der Waals surface area contributed by atoms with Crippen LogP contribution in [0, 0.1) is 0 Å². The third-order valence-electron chi connectivity index (χ3n) is 4.86. The van der Waals surface area contributed by atoms with Crippen molar-refractivity contribution in [3.63, 3.8) is 0 Å². The van der Waals surface area contributed by atoms with E-state index in [0.29, 0.717) is 12.1 Å². The van der Waals surface area contributed by atoms with Crippen LogP contribution in [0.2, 0.25) is 0 Å². The zero-order valence-electron chi connectivity index (χ0n) is 12.2. The number of fused-ring (bicyclic) bond motifs is 1. The van der Waals surface area contributed by atoms with Gasteiger partial charge in [-0.05, 0) is 31.0 Å². The lowest BCUT2D eigenvalue weighted by molar-refractivity contribution is 0.211. The summed E-state index contributed by atoms with van der Waals surface area (Å²) in [6, 6.07) is 9.66. The first-order valence-electron chi connectivity index (χ1n) is 7.79. The summed E-state index contributed by atoms with van der Waals surface area (Å²) in [6.45, 7) is 4.39. The van der Waals surface area contributed by atoms with Crippen LogP contribution < -0.4 is 0 Å². The zero-order valence-corrected chi connectivity index (χ0v) is 12.2. The molecule has 0 bridgehead atoms. The lowest BCUT2D eigenvalue weighted by Crippen LogP contribution is -2.36. The maximum absolute atomic E-state index is 5.19. The molecule has 0 amide bonds. The van der Waals surface area contributed by atoms with Crippen molar-refractivity contribution in [3.05, 3.63) is 54.2 Å². The number of furan rings is 1. The van der Waals surface area contributed by atoms with Crippen LogP contribution in [-0.4, -0.2) is 40.0 Å². The first-order chi connectivity index (χ1) is 10.4. The Morgan fingerprint density at radius 3 is 2.52 bits per heavy atom. The fraction of sp³-hybridized carbons (Fsp3) is 0.471. The van der Waals surface area contributed by atoms with E-state index in [1.165, 1.54) is 37.2 Å². The molecule has 0 spiro atoms. The Morgan fingerprint density at radius 2 is 1.86 bits per heavy atom. The van der Waals surface area contributed by atoms with Crippen LogP contribution in [0.4, 0.5) is 0 Å². The molecule has 2 aliphatic heterocycles. The quantitative estimate of drug-likeness (QED) is 0.863. The van der Waals surface area contributed by atoms with Crippen LogP contribution in [0.25, 0.3) is 0 Å². The Balaban J connectivity index is 1.41. The third-order valence-corrected chi connectivity index (χ3v) is 4.86. The molecule has 0 aromatic carbocycles. The Kier molecular flexibility index (Phi) is 3.49. The van der Waals surface area contributed by atoms with Crippen molar-refractivity contribution >= 4 is 0 Å². The van der Waals surface area contributed by atoms with E-state index < -0.39 is 0 Å². The molecule has 0 unspecified atom stereocenters. The summed E-state index contributed by atoms with van der Waals surface area (Å²) >= 11 is 0. The van der Waals surface area contributed by atoms with Gasteiger partial charge in [-0.2, -0.15) is 0 Å². The fourth-order valence-corrected chi connectivity index (χ4v) is 3.87. The summed E-state index contributed by atoms with van der Waals surface area (Å²) in [6.07, 6.45) is 8.08. The minimum absolute atomic E-state index is 0.693. The first-order valence-corrected chi connectivity index (χ1v) is 7.79. The maximum Gasteiger partial charge on any atom is 0.0947 e. The Labute approximate surface area is 125 Å². The number of aromatic nitrogens is 1. The van der Waals surface area contributed by atoms with Gasteiger partial charge in [0.25, 0.3) is 0 Å².